The maximum atomic E-state index is 14.6. The summed E-state index contributed by atoms with van der Waals surface area (Å²) in [4.78, 5) is 25.1. The minimum Gasteiger partial charge on any atom is -0.481 e. The van der Waals surface area contributed by atoms with Gasteiger partial charge in [-0.1, -0.05) is 0 Å². The highest BCUT2D eigenvalue weighted by Crippen LogP contribution is 2.24. The van der Waals surface area contributed by atoms with E-state index in [4.69, 9.17) is 5.11 Å². The standard InChI is InChI=1S/C18H20FN3O3/c1-11-8-12(2)22(20-11)16-6-5-13(9-15(16)19)18(25)21-7-3-4-14(21)10-17(23)24/h5-6,8-9,14H,3-4,7,10H2,1-2H3,(H,23,24). The molecule has 1 N–H and O–H groups in total. The van der Waals surface area contributed by atoms with Gasteiger partial charge in [0.1, 0.15) is 11.5 Å². The van der Waals surface area contributed by atoms with Gasteiger partial charge in [-0.25, -0.2) is 9.07 Å². The molecule has 1 fully saturated rings. The van der Waals surface area contributed by atoms with Crippen molar-refractivity contribution in [3.05, 3.63) is 47.0 Å². The Kier molecular flexibility index (Phi) is 4.57. The molecule has 3 rings (SSSR count). The minimum absolute atomic E-state index is 0.0853. The third kappa shape index (κ3) is 3.40. The monoisotopic (exact) mass is 345 g/mol. The number of rotatable bonds is 4. The van der Waals surface area contributed by atoms with Gasteiger partial charge in [0, 0.05) is 23.8 Å². The minimum atomic E-state index is -0.934. The van der Waals surface area contributed by atoms with Crippen LogP contribution in [-0.4, -0.2) is 44.3 Å². The largest absolute Gasteiger partial charge is 0.481 e. The fourth-order valence-electron chi connectivity index (χ4n) is 3.37. The number of hydrogen-bond acceptors (Lipinski definition) is 3. The van der Waals surface area contributed by atoms with E-state index in [1.54, 1.807) is 6.07 Å². The van der Waals surface area contributed by atoms with Gasteiger partial charge in [-0.05, 0) is 51.0 Å². The van der Waals surface area contributed by atoms with Crippen LogP contribution in [0.5, 0.6) is 0 Å². The zero-order valence-corrected chi connectivity index (χ0v) is 14.2. The topological polar surface area (TPSA) is 75.4 Å². The lowest BCUT2D eigenvalue weighted by Crippen LogP contribution is -2.36. The van der Waals surface area contributed by atoms with Gasteiger partial charge >= 0.3 is 5.97 Å². The maximum absolute atomic E-state index is 14.6. The number of aryl methyl sites for hydroxylation is 2. The summed E-state index contributed by atoms with van der Waals surface area (Å²) in [7, 11) is 0. The second-order valence-electron chi connectivity index (χ2n) is 6.40. The summed E-state index contributed by atoms with van der Waals surface area (Å²) < 4.78 is 16.1. The van der Waals surface area contributed by atoms with Crippen molar-refractivity contribution < 1.29 is 19.1 Å². The van der Waals surface area contributed by atoms with Crippen molar-refractivity contribution in [1.82, 2.24) is 14.7 Å². The van der Waals surface area contributed by atoms with E-state index in [9.17, 15) is 14.0 Å². The van der Waals surface area contributed by atoms with Gasteiger partial charge in [0.2, 0.25) is 0 Å². The van der Waals surface area contributed by atoms with Crippen molar-refractivity contribution in [3.8, 4) is 5.69 Å². The molecule has 6 nitrogen and oxygen atoms in total. The second-order valence-corrected chi connectivity index (χ2v) is 6.40. The molecule has 2 heterocycles. The van der Waals surface area contributed by atoms with Crippen LogP contribution in [0.1, 0.15) is 41.0 Å². The summed E-state index contributed by atoms with van der Waals surface area (Å²) in [5, 5.41) is 13.2. The Balaban J connectivity index is 1.86. The molecule has 1 amide bonds. The number of amides is 1. The van der Waals surface area contributed by atoms with Gasteiger partial charge in [-0.3, -0.25) is 9.59 Å². The Morgan fingerprint density at radius 1 is 1.32 bits per heavy atom. The van der Waals surface area contributed by atoms with Gasteiger partial charge in [0.25, 0.3) is 5.91 Å². The maximum Gasteiger partial charge on any atom is 0.305 e. The predicted molar refractivity (Wildman–Crippen MR) is 89.3 cm³/mol. The first-order chi connectivity index (χ1) is 11.9. The van der Waals surface area contributed by atoms with Gasteiger partial charge in [-0.15, -0.1) is 0 Å². The molecule has 25 heavy (non-hydrogen) atoms. The van der Waals surface area contributed by atoms with Crippen molar-refractivity contribution in [1.29, 1.82) is 0 Å². The zero-order valence-electron chi connectivity index (χ0n) is 14.2. The number of hydrogen-bond donors (Lipinski definition) is 1. The van der Waals surface area contributed by atoms with E-state index in [0.717, 1.165) is 17.8 Å². The molecule has 1 atom stereocenters. The van der Waals surface area contributed by atoms with E-state index < -0.39 is 11.8 Å². The summed E-state index contributed by atoms with van der Waals surface area (Å²) >= 11 is 0. The number of likely N-dealkylation sites (tertiary alicyclic amines) is 1. The van der Waals surface area contributed by atoms with Gasteiger partial charge in [0.05, 0.1) is 12.1 Å². The number of halogens is 1. The van der Waals surface area contributed by atoms with Crippen LogP contribution in [0.3, 0.4) is 0 Å². The molecule has 1 saturated heterocycles. The Hall–Kier alpha value is -2.70. The molecule has 0 aliphatic carbocycles. The fraction of sp³-hybridized carbons (Fsp3) is 0.389. The van der Waals surface area contributed by atoms with E-state index in [2.05, 4.69) is 5.10 Å². The summed E-state index contributed by atoms with van der Waals surface area (Å²) in [5.74, 6) is -1.80. The first-order valence-electron chi connectivity index (χ1n) is 8.23. The summed E-state index contributed by atoms with van der Waals surface area (Å²) in [6, 6.07) is 5.81. The third-order valence-corrected chi connectivity index (χ3v) is 4.48. The Bertz CT molecular complexity index is 831. The molecule has 1 aromatic carbocycles. The van der Waals surface area contributed by atoms with Crippen LogP contribution in [0.25, 0.3) is 5.69 Å². The number of carbonyl (C=O) groups is 2. The fourth-order valence-corrected chi connectivity index (χ4v) is 3.37. The van der Waals surface area contributed by atoms with Crippen molar-refractivity contribution in [3.63, 3.8) is 0 Å². The number of carboxylic acids is 1. The van der Waals surface area contributed by atoms with Crippen molar-refractivity contribution in [2.75, 3.05) is 6.54 Å². The third-order valence-electron chi connectivity index (χ3n) is 4.48. The predicted octanol–water partition coefficient (Wildman–Crippen LogP) is 2.71. The van der Waals surface area contributed by atoms with Crippen LogP contribution < -0.4 is 0 Å². The zero-order chi connectivity index (χ0) is 18.1. The van der Waals surface area contributed by atoms with Crippen LogP contribution >= 0.6 is 0 Å². The van der Waals surface area contributed by atoms with Crippen LogP contribution in [0, 0.1) is 19.7 Å². The van der Waals surface area contributed by atoms with Crippen LogP contribution in [0.2, 0.25) is 0 Å². The molecule has 0 saturated carbocycles. The number of aliphatic carboxylic acids is 1. The SMILES string of the molecule is Cc1cc(C)n(-c2ccc(C(=O)N3CCCC3CC(=O)O)cc2F)n1. The highest BCUT2D eigenvalue weighted by molar-refractivity contribution is 5.95. The van der Waals surface area contributed by atoms with Crippen LogP contribution in [0.4, 0.5) is 4.39 Å². The normalized spacial score (nSPS) is 17.1. The summed E-state index contributed by atoms with van der Waals surface area (Å²) in [6.07, 6.45) is 1.33. The van der Waals surface area contributed by atoms with Gasteiger partial charge < -0.3 is 10.0 Å². The number of aromatic nitrogens is 2. The molecule has 7 heteroatoms. The first-order valence-corrected chi connectivity index (χ1v) is 8.23. The molecular weight excluding hydrogens is 325 g/mol. The number of carbonyl (C=O) groups excluding carboxylic acids is 1. The lowest BCUT2D eigenvalue weighted by atomic mass is 10.1. The van der Waals surface area contributed by atoms with E-state index in [1.165, 1.54) is 21.7 Å². The molecular formula is C18H20FN3O3. The lowest BCUT2D eigenvalue weighted by Gasteiger charge is -2.23. The highest BCUT2D eigenvalue weighted by Gasteiger charge is 2.31. The quantitative estimate of drug-likeness (QED) is 0.924. The van der Waals surface area contributed by atoms with E-state index in [1.807, 2.05) is 19.9 Å². The second kappa shape index (κ2) is 6.66. The molecule has 1 aliphatic heterocycles. The smallest absolute Gasteiger partial charge is 0.305 e. The number of benzene rings is 1. The number of nitrogens with zero attached hydrogens (tertiary/aromatic N) is 3. The Morgan fingerprint density at radius 3 is 2.68 bits per heavy atom. The summed E-state index contributed by atoms with van der Waals surface area (Å²) in [6.45, 7) is 4.16. The van der Waals surface area contributed by atoms with Crippen molar-refractivity contribution in [2.24, 2.45) is 0 Å². The molecule has 0 bridgehead atoms. The molecule has 0 radical (unpaired) electrons. The first kappa shape index (κ1) is 17.1. The van der Waals surface area contributed by atoms with E-state index in [-0.39, 0.29) is 29.6 Å². The molecule has 1 aliphatic rings. The molecule has 0 spiro atoms. The van der Waals surface area contributed by atoms with Gasteiger partial charge in [-0.2, -0.15) is 5.10 Å². The Morgan fingerprint density at radius 2 is 2.08 bits per heavy atom. The van der Waals surface area contributed by atoms with Crippen LogP contribution in [0.15, 0.2) is 24.3 Å². The molecule has 1 aromatic heterocycles. The average molecular weight is 345 g/mol. The highest BCUT2D eigenvalue weighted by atomic mass is 19.1. The van der Waals surface area contributed by atoms with Crippen LogP contribution in [-0.2, 0) is 4.79 Å². The Labute approximate surface area is 144 Å². The number of carboxylic acid groups (broad SMARTS) is 1. The molecule has 2 aromatic rings. The van der Waals surface area contributed by atoms with E-state index in [0.29, 0.717) is 13.0 Å². The lowest BCUT2D eigenvalue weighted by molar-refractivity contribution is -0.137. The average Bonchev–Trinajstić information content (AvgIpc) is 3.12. The van der Waals surface area contributed by atoms with Crippen molar-refractivity contribution in [2.45, 2.75) is 39.2 Å². The van der Waals surface area contributed by atoms with E-state index >= 15 is 0 Å². The summed E-state index contributed by atoms with van der Waals surface area (Å²) in [5.41, 5.74) is 2.09. The molecule has 132 valence electrons. The molecule has 1 unspecified atom stereocenters. The van der Waals surface area contributed by atoms with Crippen molar-refractivity contribution >= 4 is 11.9 Å². The van der Waals surface area contributed by atoms with Gasteiger partial charge in [0.15, 0.2) is 0 Å².